The minimum Gasteiger partial charge on any atom is -0.374 e. The van der Waals surface area contributed by atoms with Gasteiger partial charge >= 0.3 is 0 Å². The second-order valence-corrected chi connectivity index (χ2v) is 4.32. The fraction of sp³-hybridized carbons (Fsp3) is 0.583. The van der Waals surface area contributed by atoms with E-state index in [1.54, 1.807) is 0 Å². The Morgan fingerprint density at radius 2 is 1.93 bits per heavy atom. The van der Waals surface area contributed by atoms with Crippen LogP contribution in [-0.4, -0.2) is 24.6 Å². The van der Waals surface area contributed by atoms with Gasteiger partial charge in [0.05, 0.1) is 0 Å². The molecule has 3 heteroatoms. The maximum Gasteiger partial charge on any atom is 0.0394 e. The fourth-order valence-corrected chi connectivity index (χ4v) is 1.40. The first kappa shape index (κ1) is 12.0. The first-order valence-electron chi connectivity index (χ1n) is 5.48. The van der Waals surface area contributed by atoms with Gasteiger partial charge in [-0.05, 0) is 24.5 Å². The normalized spacial score (nSPS) is 12.9. The van der Waals surface area contributed by atoms with Crippen LogP contribution in [0.15, 0.2) is 24.5 Å². The Kier molecular flexibility index (Phi) is 4.56. The predicted molar refractivity (Wildman–Crippen MR) is 64.9 cm³/mol. The number of hydrogen-bond donors (Lipinski definition) is 1. The molecule has 0 fully saturated rings. The fourth-order valence-electron chi connectivity index (χ4n) is 1.40. The quantitative estimate of drug-likeness (QED) is 0.801. The second-order valence-electron chi connectivity index (χ2n) is 4.32. The number of nitrogens with zero attached hydrogens (tertiary/aromatic N) is 2. The molecule has 0 saturated heterocycles. The van der Waals surface area contributed by atoms with E-state index in [4.69, 9.17) is 5.73 Å². The largest absolute Gasteiger partial charge is 0.374 e. The summed E-state index contributed by atoms with van der Waals surface area (Å²) in [7, 11) is 2.09. The summed E-state index contributed by atoms with van der Waals surface area (Å²) in [5.41, 5.74) is 7.20. The molecule has 0 spiro atoms. The van der Waals surface area contributed by atoms with Crippen molar-refractivity contribution in [3.63, 3.8) is 0 Å². The Morgan fingerprint density at radius 3 is 2.47 bits per heavy atom. The molecule has 84 valence electrons. The first-order valence-corrected chi connectivity index (χ1v) is 5.48. The zero-order valence-corrected chi connectivity index (χ0v) is 9.85. The zero-order chi connectivity index (χ0) is 11.3. The maximum atomic E-state index is 6.00. The third-order valence-electron chi connectivity index (χ3n) is 2.76. The van der Waals surface area contributed by atoms with Crippen molar-refractivity contribution >= 4 is 5.69 Å². The molecule has 15 heavy (non-hydrogen) atoms. The number of rotatable bonds is 5. The van der Waals surface area contributed by atoms with Crippen LogP contribution in [0.2, 0.25) is 0 Å². The number of aromatic nitrogens is 1. The summed E-state index contributed by atoms with van der Waals surface area (Å²) in [6.07, 6.45) is 4.65. The van der Waals surface area contributed by atoms with Gasteiger partial charge < -0.3 is 10.6 Å². The Bertz CT molecular complexity index is 271. The molecule has 1 unspecified atom stereocenters. The predicted octanol–water partition coefficient (Wildman–Crippen LogP) is 1.89. The van der Waals surface area contributed by atoms with Crippen LogP contribution in [0.25, 0.3) is 0 Å². The van der Waals surface area contributed by atoms with E-state index in [0.29, 0.717) is 5.92 Å². The second kappa shape index (κ2) is 5.71. The van der Waals surface area contributed by atoms with E-state index in [9.17, 15) is 0 Å². The van der Waals surface area contributed by atoms with Crippen LogP contribution in [-0.2, 0) is 0 Å². The lowest BCUT2D eigenvalue weighted by atomic mass is 10.0. The molecule has 1 rings (SSSR count). The van der Waals surface area contributed by atoms with Crippen molar-refractivity contribution in [3.8, 4) is 0 Å². The number of anilines is 1. The van der Waals surface area contributed by atoms with Crippen LogP contribution >= 0.6 is 0 Å². The van der Waals surface area contributed by atoms with Crippen LogP contribution in [0.4, 0.5) is 5.69 Å². The molecular weight excluding hydrogens is 186 g/mol. The molecule has 0 aliphatic heterocycles. The van der Waals surface area contributed by atoms with Gasteiger partial charge in [-0.3, -0.25) is 4.98 Å². The minimum atomic E-state index is 0.286. The van der Waals surface area contributed by atoms with Crippen molar-refractivity contribution < 1.29 is 0 Å². The summed E-state index contributed by atoms with van der Waals surface area (Å²) in [5.74, 6) is 0.552. The molecule has 0 saturated carbocycles. The van der Waals surface area contributed by atoms with E-state index in [1.165, 1.54) is 5.69 Å². The maximum absolute atomic E-state index is 6.00. The Balaban J connectivity index is 2.40. The Morgan fingerprint density at radius 1 is 1.33 bits per heavy atom. The van der Waals surface area contributed by atoms with Crippen molar-refractivity contribution in [1.82, 2.24) is 4.98 Å². The molecule has 3 nitrogen and oxygen atoms in total. The third kappa shape index (κ3) is 3.88. The Hall–Kier alpha value is -1.09. The van der Waals surface area contributed by atoms with Crippen molar-refractivity contribution in [1.29, 1.82) is 0 Å². The summed E-state index contributed by atoms with van der Waals surface area (Å²) in [6.45, 7) is 5.32. The summed E-state index contributed by atoms with van der Waals surface area (Å²) >= 11 is 0. The topological polar surface area (TPSA) is 42.1 Å². The van der Waals surface area contributed by atoms with Gasteiger partial charge in [-0.1, -0.05) is 13.8 Å². The minimum absolute atomic E-state index is 0.286. The van der Waals surface area contributed by atoms with E-state index in [1.807, 2.05) is 24.5 Å². The van der Waals surface area contributed by atoms with Crippen molar-refractivity contribution in [3.05, 3.63) is 24.5 Å². The van der Waals surface area contributed by atoms with Crippen molar-refractivity contribution in [2.75, 3.05) is 18.5 Å². The van der Waals surface area contributed by atoms with Gasteiger partial charge in [0.1, 0.15) is 0 Å². The van der Waals surface area contributed by atoms with Gasteiger partial charge in [0, 0.05) is 37.7 Å². The van der Waals surface area contributed by atoms with Crippen LogP contribution in [0.1, 0.15) is 20.3 Å². The molecule has 0 radical (unpaired) electrons. The van der Waals surface area contributed by atoms with Crippen LogP contribution in [0.3, 0.4) is 0 Å². The van der Waals surface area contributed by atoms with Gasteiger partial charge in [-0.15, -0.1) is 0 Å². The third-order valence-corrected chi connectivity index (χ3v) is 2.76. The van der Waals surface area contributed by atoms with E-state index in [-0.39, 0.29) is 6.04 Å². The highest BCUT2D eigenvalue weighted by atomic mass is 15.1. The lowest BCUT2D eigenvalue weighted by Gasteiger charge is -2.22. The molecule has 0 amide bonds. The van der Waals surface area contributed by atoms with E-state index in [2.05, 4.69) is 30.8 Å². The average Bonchev–Trinajstić information content (AvgIpc) is 2.26. The summed E-state index contributed by atoms with van der Waals surface area (Å²) in [6, 6.07) is 4.32. The summed E-state index contributed by atoms with van der Waals surface area (Å²) < 4.78 is 0. The van der Waals surface area contributed by atoms with Crippen LogP contribution in [0, 0.1) is 5.92 Å². The highest BCUT2D eigenvalue weighted by molar-refractivity contribution is 5.43. The highest BCUT2D eigenvalue weighted by Crippen LogP contribution is 2.11. The average molecular weight is 207 g/mol. The SMILES string of the molecule is CC(C)C(N)CCN(C)c1ccncc1. The lowest BCUT2D eigenvalue weighted by molar-refractivity contribution is 0.466. The van der Waals surface area contributed by atoms with Crippen molar-refractivity contribution in [2.24, 2.45) is 11.7 Å². The highest BCUT2D eigenvalue weighted by Gasteiger charge is 2.08. The van der Waals surface area contributed by atoms with E-state index < -0.39 is 0 Å². The molecule has 1 atom stereocenters. The first-order chi connectivity index (χ1) is 7.11. The van der Waals surface area contributed by atoms with Crippen LogP contribution < -0.4 is 10.6 Å². The molecule has 0 aliphatic carbocycles. The van der Waals surface area contributed by atoms with E-state index in [0.717, 1.165) is 13.0 Å². The van der Waals surface area contributed by atoms with Gasteiger partial charge in [-0.2, -0.15) is 0 Å². The summed E-state index contributed by atoms with van der Waals surface area (Å²) in [5, 5.41) is 0. The molecule has 0 aliphatic rings. The molecule has 2 N–H and O–H groups in total. The van der Waals surface area contributed by atoms with E-state index >= 15 is 0 Å². The van der Waals surface area contributed by atoms with Crippen LogP contribution in [0.5, 0.6) is 0 Å². The van der Waals surface area contributed by atoms with Gasteiger partial charge in [0.2, 0.25) is 0 Å². The molecule has 1 heterocycles. The van der Waals surface area contributed by atoms with Gasteiger partial charge in [0.15, 0.2) is 0 Å². The molecule has 1 aromatic heterocycles. The Labute approximate surface area is 92.3 Å². The monoisotopic (exact) mass is 207 g/mol. The summed E-state index contributed by atoms with van der Waals surface area (Å²) in [4.78, 5) is 6.21. The van der Waals surface area contributed by atoms with Crippen molar-refractivity contribution in [2.45, 2.75) is 26.3 Å². The van der Waals surface area contributed by atoms with Gasteiger partial charge in [0.25, 0.3) is 0 Å². The number of hydrogen-bond acceptors (Lipinski definition) is 3. The standard InChI is InChI=1S/C12H21N3/c1-10(2)12(13)6-9-15(3)11-4-7-14-8-5-11/h4-5,7-8,10,12H,6,9,13H2,1-3H3. The molecule has 0 bridgehead atoms. The molecular formula is C12H21N3. The van der Waals surface area contributed by atoms with Gasteiger partial charge in [-0.25, -0.2) is 0 Å². The lowest BCUT2D eigenvalue weighted by Crippen LogP contribution is -2.31. The zero-order valence-electron chi connectivity index (χ0n) is 9.85. The molecule has 1 aromatic rings. The number of pyridine rings is 1. The smallest absolute Gasteiger partial charge is 0.0394 e. The number of nitrogens with two attached hydrogens (primary N) is 1. The molecule has 0 aromatic carbocycles.